The highest BCUT2D eigenvalue weighted by Crippen LogP contribution is 2.08. The quantitative estimate of drug-likeness (QED) is 0.325. The number of unbranched alkanes of at least 4 members (excludes halogenated alkanes) is 6. The van der Waals surface area contributed by atoms with Gasteiger partial charge in [0.1, 0.15) is 0 Å². The molecule has 16 heavy (non-hydrogen) atoms. The average molecular weight is 243 g/mol. The Labute approximate surface area is 105 Å². The zero-order valence-electron chi connectivity index (χ0n) is 10.2. The maximum absolute atomic E-state index is 11.2. The molecule has 0 aliphatic rings. The monoisotopic (exact) mass is 243 g/mol. The molecular formula is C13H25NOS. The Hall–Kier alpha value is -0.440. The first-order chi connectivity index (χ1) is 7.81. The number of amides is 1. The van der Waals surface area contributed by atoms with E-state index in [2.05, 4.69) is 24.5 Å². The van der Waals surface area contributed by atoms with Gasteiger partial charge in [-0.3, -0.25) is 4.79 Å². The van der Waals surface area contributed by atoms with Crippen LogP contribution >= 0.6 is 12.6 Å². The van der Waals surface area contributed by atoms with E-state index in [0.29, 0.717) is 13.0 Å². The van der Waals surface area contributed by atoms with E-state index in [4.69, 9.17) is 0 Å². The third-order valence-corrected chi connectivity index (χ3v) is 2.72. The van der Waals surface area contributed by atoms with Crippen LogP contribution in [-0.4, -0.2) is 18.2 Å². The number of allylic oxidation sites excluding steroid dienone is 1. The highest BCUT2D eigenvalue weighted by molar-refractivity contribution is 7.80. The van der Waals surface area contributed by atoms with Crippen molar-refractivity contribution < 1.29 is 4.79 Å². The molecule has 0 aromatic rings. The van der Waals surface area contributed by atoms with Crippen molar-refractivity contribution in [3.63, 3.8) is 0 Å². The van der Waals surface area contributed by atoms with Gasteiger partial charge in [-0.05, 0) is 19.3 Å². The van der Waals surface area contributed by atoms with Gasteiger partial charge in [-0.2, -0.15) is 12.6 Å². The molecule has 0 bridgehead atoms. The van der Waals surface area contributed by atoms with Crippen LogP contribution in [0, 0.1) is 0 Å². The van der Waals surface area contributed by atoms with E-state index in [1.165, 1.54) is 32.1 Å². The average Bonchev–Trinajstić information content (AvgIpc) is 2.30. The van der Waals surface area contributed by atoms with Crippen molar-refractivity contribution in [2.24, 2.45) is 0 Å². The molecule has 94 valence electrons. The van der Waals surface area contributed by atoms with E-state index >= 15 is 0 Å². The van der Waals surface area contributed by atoms with Crippen LogP contribution in [-0.2, 0) is 4.79 Å². The molecule has 0 radical (unpaired) electrons. The number of hydrogen-bond donors (Lipinski definition) is 2. The minimum absolute atomic E-state index is 0.167. The summed E-state index contributed by atoms with van der Waals surface area (Å²) in [6, 6.07) is 0. The van der Waals surface area contributed by atoms with Crippen molar-refractivity contribution in [2.45, 2.75) is 51.4 Å². The molecule has 0 aliphatic heterocycles. The molecule has 0 saturated carbocycles. The molecule has 3 heteroatoms. The number of hydrogen-bond acceptors (Lipinski definition) is 2. The van der Waals surface area contributed by atoms with Crippen molar-refractivity contribution in [2.75, 3.05) is 12.3 Å². The molecule has 1 amide bonds. The highest BCUT2D eigenvalue weighted by atomic mass is 32.1. The van der Waals surface area contributed by atoms with Crippen LogP contribution < -0.4 is 5.32 Å². The lowest BCUT2D eigenvalue weighted by Gasteiger charge is -2.03. The van der Waals surface area contributed by atoms with Crippen LogP contribution in [0.15, 0.2) is 12.7 Å². The summed E-state index contributed by atoms with van der Waals surface area (Å²) in [5.74, 6) is 0.885. The van der Waals surface area contributed by atoms with Crippen LogP contribution in [0.5, 0.6) is 0 Å². The minimum atomic E-state index is 0.167. The van der Waals surface area contributed by atoms with Gasteiger partial charge < -0.3 is 5.32 Å². The van der Waals surface area contributed by atoms with E-state index in [1.54, 1.807) is 0 Å². The molecule has 0 aromatic heterocycles. The standard InChI is InChI=1S/C13H25NOS/c1-2-3-4-5-6-7-8-9-10-13(15)14-11-12-16/h2,16H,1,3-12H2,(H,14,15). The molecule has 2 nitrogen and oxygen atoms in total. The van der Waals surface area contributed by atoms with Crippen LogP contribution in [0.4, 0.5) is 0 Å². The van der Waals surface area contributed by atoms with E-state index in [9.17, 15) is 4.79 Å². The van der Waals surface area contributed by atoms with Crippen LogP contribution in [0.3, 0.4) is 0 Å². The minimum Gasteiger partial charge on any atom is -0.355 e. The molecular weight excluding hydrogens is 218 g/mol. The smallest absolute Gasteiger partial charge is 0.220 e. The Kier molecular flexibility index (Phi) is 12.3. The van der Waals surface area contributed by atoms with E-state index < -0.39 is 0 Å². The predicted molar refractivity (Wildman–Crippen MR) is 74.0 cm³/mol. The van der Waals surface area contributed by atoms with Crippen molar-refractivity contribution in [3.05, 3.63) is 12.7 Å². The van der Waals surface area contributed by atoms with Gasteiger partial charge in [0.05, 0.1) is 0 Å². The van der Waals surface area contributed by atoms with E-state index in [-0.39, 0.29) is 5.91 Å². The molecule has 0 atom stereocenters. The van der Waals surface area contributed by atoms with Gasteiger partial charge in [0.25, 0.3) is 0 Å². The van der Waals surface area contributed by atoms with Gasteiger partial charge in [0.2, 0.25) is 5.91 Å². The Balaban J connectivity index is 3.08. The SMILES string of the molecule is C=CCCCCCCCCC(=O)NCCS. The Morgan fingerprint density at radius 1 is 1.12 bits per heavy atom. The molecule has 0 rings (SSSR count). The van der Waals surface area contributed by atoms with E-state index in [0.717, 1.165) is 18.6 Å². The zero-order chi connectivity index (χ0) is 12.1. The largest absolute Gasteiger partial charge is 0.355 e. The maximum atomic E-state index is 11.2. The third kappa shape index (κ3) is 11.6. The summed E-state index contributed by atoms with van der Waals surface area (Å²) in [5.41, 5.74) is 0. The van der Waals surface area contributed by atoms with Gasteiger partial charge in [0, 0.05) is 18.7 Å². The highest BCUT2D eigenvalue weighted by Gasteiger charge is 1.99. The molecule has 0 aliphatic carbocycles. The fraction of sp³-hybridized carbons (Fsp3) is 0.769. The third-order valence-electron chi connectivity index (χ3n) is 2.50. The molecule has 1 N–H and O–H groups in total. The fourth-order valence-corrected chi connectivity index (χ4v) is 1.68. The lowest BCUT2D eigenvalue weighted by atomic mass is 10.1. The molecule has 0 aromatic carbocycles. The molecule has 0 heterocycles. The zero-order valence-corrected chi connectivity index (χ0v) is 11.1. The Morgan fingerprint density at radius 2 is 1.75 bits per heavy atom. The maximum Gasteiger partial charge on any atom is 0.220 e. The fourth-order valence-electron chi connectivity index (χ4n) is 1.57. The van der Waals surface area contributed by atoms with Crippen molar-refractivity contribution in [1.29, 1.82) is 0 Å². The predicted octanol–water partition coefficient (Wildman–Crippen LogP) is 3.34. The lowest BCUT2D eigenvalue weighted by molar-refractivity contribution is -0.121. The first-order valence-corrected chi connectivity index (χ1v) is 6.93. The van der Waals surface area contributed by atoms with Crippen LogP contribution in [0.1, 0.15) is 51.4 Å². The van der Waals surface area contributed by atoms with Crippen LogP contribution in [0.2, 0.25) is 0 Å². The normalized spacial score (nSPS) is 10.1. The molecule has 0 spiro atoms. The molecule has 0 unspecified atom stereocenters. The first kappa shape index (κ1) is 15.6. The Morgan fingerprint density at radius 3 is 2.38 bits per heavy atom. The van der Waals surface area contributed by atoms with Gasteiger partial charge in [-0.25, -0.2) is 0 Å². The summed E-state index contributed by atoms with van der Waals surface area (Å²) in [6.07, 6.45) is 11.0. The second kappa shape index (κ2) is 12.6. The Bertz CT molecular complexity index is 183. The van der Waals surface area contributed by atoms with Gasteiger partial charge in [-0.1, -0.05) is 31.8 Å². The number of thiol groups is 1. The summed E-state index contributed by atoms with van der Waals surface area (Å²) in [6.45, 7) is 4.39. The summed E-state index contributed by atoms with van der Waals surface area (Å²) >= 11 is 4.04. The number of nitrogens with one attached hydrogen (secondary N) is 1. The molecule has 0 saturated heterocycles. The lowest BCUT2D eigenvalue weighted by Crippen LogP contribution is -2.24. The van der Waals surface area contributed by atoms with Gasteiger partial charge in [-0.15, -0.1) is 6.58 Å². The second-order valence-electron chi connectivity index (χ2n) is 4.02. The summed E-state index contributed by atoms with van der Waals surface area (Å²) in [5, 5.41) is 2.82. The van der Waals surface area contributed by atoms with Gasteiger partial charge in [0.15, 0.2) is 0 Å². The van der Waals surface area contributed by atoms with Crippen molar-refractivity contribution >= 4 is 18.5 Å². The second-order valence-corrected chi connectivity index (χ2v) is 4.47. The van der Waals surface area contributed by atoms with Crippen molar-refractivity contribution in [1.82, 2.24) is 5.32 Å². The van der Waals surface area contributed by atoms with Crippen LogP contribution in [0.25, 0.3) is 0 Å². The first-order valence-electron chi connectivity index (χ1n) is 6.29. The van der Waals surface area contributed by atoms with Crippen molar-refractivity contribution in [3.8, 4) is 0 Å². The number of carbonyl (C=O) groups is 1. The number of carbonyl (C=O) groups excluding carboxylic acids is 1. The van der Waals surface area contributed by atoms with Gasteiger partial charge >= 0.3 is 0 Å². The summed E-state index contributed by atoms with van der Waals surface area (Å²) in [7, 11) is 0. The topological polar surface area (TPSA) is 29.1 Å². The molecule has 0 fully saturated rings. The van der Waals surface area contributed by atoms with E-state index in [1.807, 2.05) is 6.08 Å². The number of rotatable bonds is 11. The summed E-state index contributed by atoms with van der Waals surface area (Å²) < 4.78 is 0. The summed E-state index contributed by atoms with van der Waals surface area (Å²) in [4.78, 5) is 11.2.